The molecule has 0 unspecified atom stereocenters. The molecule has 0 aliphatic carbocycles. The van der Waals surface area contributed by atoms with Crippen LogP contribution in [-0.2, 0) is 19.1 Å². The molecule has 0 atom stereocenters. The lowest BCUT2D eigenvalue weighted by molar-refractivity contribution is -0.140. The van der Waals surface area contributed by atoms with E-state index in [9.17, 15) is 22.0 Å². The molecule has 26 heavy (non-hydrogen) atoms. The minimum absolute atomic E-state index is 0.0750. The zero-order chi connectivity index (χ0) is 19.2. The van der Waals surface area contributed by atoms with Crippen LogP contribution >= 0.6 is 11.3 Å². The number of aliphatic imine (C=N–C) groups is 1. The van der Waals surface area contributed by atoms with E-state index in [1.165, 1.54) is 0 Å². The Hall–Kier alpha value is -2.23. The highest BCUT2D eigenvalue weighted by molar-refractivity contribution is 7.09. The monoisotopic (exact) mass is 392 g/mol. The number of benzene rings is 1. The average Bonchev–Trinajstić information content (AvgIpc) is 3.04. The molecule has 1 heterocycles. The highest BCUT2D eigenvalue weighted by Crippen LogP contribution is 2.29. The normalized spacial score (nSPS) is 12.3. The Balaban J connectivity index is 1.93. The highest BCUT2D eigenvalue weighted by Gasteiger charge is 2.33. The van der Waals surface area contributed by atoms with Gasteiger partial charge in [-0.2, -0.15) is 13.2 Å². The van der Waals surface area contributed by atoms with E-state index in [1.54, 1.807) is 0 Å². The number of nitrogens with one attached hydrogen (secondary N) is 2. The van der Waals surface area contributed by atoms with Crippen molar-refractivity contribution in [2.45, 2.75) is 26.1 Å². The summed E-state index contributed by atoms with van der Waals surface area (Å²) in [4.78, 5) is 7.69. The number of nitrogens with zero attached hydrogens (tertiary/aromatic N) is 2. The van der Waals surface area contributed by atoms with E-state index in [4.69, 9.17) is 0 Å². The number of aromatic nitrogens is 1. The second kappa shape index (κ2) is 8.93. The van der Waals surface area contributed by atoms with E-state index >= 15 is 0 Å². The summed E-state index contributed by atoms with van der Waals surface area (Å²) in [5.41, 5.74) is -0.795. The molecular formula is C16H17F5N4S. The maximum atomic E-state index is 13.6. The van der Waals surface area contributed by atoms with E-state index in [0.29, 0.717) is 24.1 Å². The summed E-state index contributed by atoms with van der Waals surface area (Å²) in [7, 11) is 0. The molecule has 1 aromatic heterocycles. The van der Waals surface area contributed by atoms with E-state index < -0.39 is 23.5 Å². The van der Waals surface area contributed by atoms with Crippen molar-refractivity contribution in [3.8, 4) is 0 Å². The van der Waals surface area contributed by atoms with Gasteiger partial charge in [-0.05, 0) is 25.1 Å². The zero-order valence-electron chi connectivity index (χ0n) is 13.8. The maximum absolute atomic E-state index is 13.6. The van der Waals surface area contributed by atoms with Crippen molar-refractivity contribution in [2.24, 2.45) is 4.99 Å². The Kier molecular flexibility index (Phi) is 6.90. The van der Waals surface area contributed by atoms with Crippen LogP contribution in [0.5, 0.6) is 0 Å². The first-order valence-corrected chi connectivity index (χ1v) is 8.65. The van der Waals surface area contributed by atoms with Crippen LogP contribution in [0, 0.1) is 11.6 Å². The summed E-state index contributed by atoms with van der Waals surface area (Å²) in [6.07, 6.45) is -4.17. The first kappa shape index (κ1) is 20.1. The number of guanidine groups is 1. The molecule has 0 aliphatic rings. The van der Waals surface area contributed by atoms with Crippen LogP contribution in [0.25, 0.3) is 0 Å². The van der Waals surface area contributed by atoms with Gasteiger partial charge in [-0.15, -0.1) is 11.3 Å². The molecule has 142 valence electrons. The number of hydrogen-bond donors (Lipinski definition) is 2. The van der Waals surface area contributed by atoms with Gasteiger partial charge >= 0.3 is 6.18 Å². The Morgan fingerprint density at radius 1 is 1.23 bits per heavy atom. The number of rotatable bonds is 6. The summed E-state index contributed by atoms with van der Waals surface area (Å²) in [5, 5.41) is 7.18. The van der Waals surface area contributed by atoms with Gasteiger partial charge in [0.05, 0.1) is 11.6 Å². The molecule has 2 N–H and O–H groups in total. The Morgan fingerprint density at radius 2 is 2.00 bits per heavy atom. The fourth-order valence-electron chi connectivity index (χ4n) is 2.01. The third kappa shape index (κ3) is 5.94. The molecule has 0 saturated carbocycles. The summed E-state index contributed by atoms with van der Waals surface area (Å²) in [6.45, 7) is 2.58. The van der Waals surface area contributed by atoms with E-state index in [2.05, 4.69) is 20.6 Å². The van der Waals surface area contributed by atoms with Crippen LogP contribution < -0.4 is 10.6 Å². The Bertz CT molecular complexity index is 757. The first-order chi connectivity index (χ1) is 12.3. The standard InChI is InChI=1S/C16H17F5N4S/c1-2-22-15(24-8-10-7-11(17)3-4-12(10)18)23-6-5-14-25-13(9-26-14)16(19,20)21/h3-4,7,9H,2,5-6,8H2,1H3,(H2,22,23,24). The van der Waals surface area contributed by atoms with Gasteiger partial charge in [0, 0.05) is 30.5 Å². The second-order valence-electron chi connectivity index (χ2n) is 5.23. The van der Waals surface area contributed by atoms with Gasteiger partial charge in [0.1, 0.15) is 11.6 Å². The minimum atomic E-state index is -4.45. The molecule has 0 amide bonds. The number of alkyl halides is 3. The summed E-state index contributed by atoms with van der Waals surface area (Å²) in [6, 6.07) is 3.12. The number of hydrogen-bond acceptors (Lipinski definition) is 3. The van der Waals surface area contributed by atoms with E-state index in [0.717, 1.165) is 34.9 Å². The molecule has 1 aromatic carbocycles. The molecule has 2 aromatic rings. The summed E-state index contributed by atoms with van der Waals surface area (Å²) >= 11 is 0.933. The van der Waals surface area contributed by atoms with Crippen LogP contribution in [0.4, 0.5) is 22.0 Å². The Labute approximate surface area is 151 Å². The topological polar surface area (TPSA) is 49.3 Å². The molecule has 0 bridgehead atoms. The average molecular weight is 392 g/mol. The number of thiazole rings is 1. The fraction of sp³-hybridized carbons (Fsp3) is 0.375. The molecule has 10 heteroatoms. The molecule has 4 nitrogen and oxygen atoms in total. The van der Waals surface area contributed by atoms with Crippen molar-refractivity contribution in [1.29, 1.82) is 0 Å². The van der Waals surface area contributed by atoms with Crippen LogP contribution in [-0.4, -0.2) is 24.0 Å². The van der Waals surface area contributed by atoms with Gasteiger partial charge < -0.3 is 10.6 Å². The van der Waals surface area contributed by atoms with Gasteiger partial charge in [-0.1, -0.05) is 0 Å². The molecule has 0 radical (unpaired) electrons. The fourth-order valence-corrected chi connectivity index (χ4v) is 2.82. The molecule has 2 rings (SSSR count). The quantitative estimate of drug-likeness (QED) is 0.447. The van der Waals surface area contributed by atoms with Crippen LogP contribution in [0.15, 0.2) is 28.6 Å². The maximum Gasteiger partial charge on any atom is 0.434 e. The summed E-state index contributed by atoms with van der Waals surface area (Å²) in [5.74, 6) is -0.768. The van der Waals surface area contributed by atoms with Crippen molar-refractivity contribution >= 4 is 17.3 Å². The molecule has 0 fully saturated rings. The largest absolute Gasteiger partial charge is 0.434 e. The van der Waals surface area contributed by atoms with Crippen molar-refractivity contribution in [1.82, 2.24) is 15.6 Å². The van der Waals surface area contributed by atoms with E-state index in [-0.39, 0.29) is 18.5 Å². The van der Waals surface area contributed by atoms with Crippen molar-refractivity contribution in [3.05, 3.63) is 51.5 Å². The van der Waals surface area contributed by atoms with Gasteiger partial charge in [-0.25, -0.2) is 18.8 Å². The van der Waals surface area contributed by atoms with Crippen molar-refractivity contribution < 1.29 is 22.0 Å². The lowest BCUT2D eigenvalue weighted by Gasteiger charge is -2.11. The Morgan fingerprint density at radius 3 is 2.65 bits per heavy atom. The molecule has 0 aliphatic heterocycles. The minimum Gasteiger partial charge on any atom is -0.357 e. The predicted octanol–water partition coefficient (Wildman–Crippen LogP) is 3.74. The van der Waals surface area contributed by atoms with Crippen LogP contribution in [0.1, 0.15) is 23.2 Å². The van der Waals surface area contributed by atoms with Gasteiger partial charge in [0.2, 0.25) is 0 Å². The zero-order valence-corrected chi connectivity index (χ0v) is 14.6. The lowest BCUT2D eigenvalue weighted by atomic mass is 10.2. The predicted molar refractivity (Wildman–Crippen MR) is 90.0 cm³/mol. The van der Waals surface area contributed by atoms with Crippen molar-refractivity contribution in [2.75, 3.05) is 13.1 Å². The third-order valence-electron chi connectivity index (χ3n) is 3.23. The van der Waals surface area contributed by atoms with Crippen molar-refractivity contribution in [3.63, 3.8) is 0 Å². The highest BCUT2D eigenvalue weighted by atomic mass is 32.1. The lowest BCUT2D eigenvalue weighted by Crippen LogP contribution is -2.38. The smallest absolute Gasteiger partial charge is 0.357 e. The second-order valence-corrected chi connectivity index (χ2v) is 6.17. The summed E-state index contributed by atoms with van der Waals surface area (Å²) < 4.78 is 64.3. The third-order valence-corrected chi connectivity index (χ3v) is 4.14. The molecule has 0 saturated heterocycles. The first-order valence-electron chi connectivity index (χ1n) is 7.77. The van der Waals surface area contributed by atoms with Crippen LogP contribution in [0.2, 0.25) is 0 Å². The SMILES string of the molecule is CCNC(=NCc1cc(F)ccc1F)NCCc1nc(C(F)(F)F)cs1. The number of halogens is 5. The van der Waals surface area contributed by atoms with Crippen LogP contribution in [0.3, 0.4) is 0 Å². The molecule has 0 spiro atoms. The van der Waals surface area contributed by atoms with Gasteiger partial charge in [0.25, 0.3) is 0 Å². The van der Waals surface area contributed by atoms with Gasteiger partial charge in [0.15, 0.2) is 11.7 Å². The molecular weight excluding hydrogens is 375 g/mol. The van der Waals surface area contributed by atoms with Gasteiger partial charge in [-0.3, -0.25) is 0 Å². The van der Waals surface area contributed by atoms with E-state index in [1.807, 2.05) is 6.92 Å².